The van der Waals surface area contributed by atoms with Gasteiger partial charge < -0.3 is 19.6 Å². The van der Waals surface area contributed by atoms with E-state index in [4.69, 9.17) is 14.3 Å². The molecule has 1 fully saturated rings. The van der Waals surface area contributed by atoms with Gasteiger partial charge in [-0.25, -0.2) is 10.5 Å². The number of aromatic nitrogens is 1. The minimum Gasteiger partial charge on any atom is -0.389 e. The Bertz CT molecular complexity index is 1050. The van der Waals surface area contributed by atoms with Crippen LogP contribution in [0.4, 0.5) is 5.82 Å². The van der Waals surface area contributed by atoms with Gasteiger partial charge in [0, 0.05) is 18.0 Å². The molecular formula is C23H29N7O4. The van der Waals surface area contributed by atoms with E-state index in [-0.39, 0.29) is 24.3 Å². The number of pyridine rings is 1. The van der Waals surface area contributed by atoms with E-state index in [1.54, 1.807) is 23.2 Å². The number of benzene rings is 1. The molecule has 0 unspecified atom stereocenters. The Hall–Kier alpha value is -3.54. The molecule has 1 aromatic carbocycles. The Kier molecular flexibility index (Phi) is 7.36. The van der Waals surface area contributed by atoms with Gasteiger partial charge in [-0.2, -0.15) is 0 Å². The minimum absolute atomic E-state index is 0.0431. The van der Waals surface area contributed by atoms with E-state index in [1.807, 2.05) is 37.4 Å². The Labute approximate surface area is 198 Å². The number of rotatable bonds is 8. The highest BCUT2D eigenvalue weighted by Crippen LogP contribution is 2.24. The number of hydrogen-bond acceptors (Lipinski definition) is 10. The molecule has 11 heteroatoms. The number of amides is 1. The van der Waals surface area contributed by atoms with Crippen LogP contribution < -0.4 is 16.4 Å². The number of nitrogens with zero attached hydrogens (tertiary/aromatic N) is 4. The van der Waals surface area contributed by atoms with E-state index >= 15 is 0 Å². The molecule has 1 aromatic heterocycles. The molecule has 0 saturated carbocycles. The van der Waals surface area contributed by atoms with E-state index in [0.717, 1.165) is 5.56 Å². The van der Waals surface area contributed by atoms with Gasteiger partial charge in [-0.05, 0) is 12.1 Å². The number of oxime groups is 1. The molecule has 1 saturated heterocycles. The van der Waals surface area contributed by atoms with Crippen LogP contribution in [0.2, 0.25) is 0 Å². The fraction of sp³-hybridized carbons (Fsp3) is 0.391. The quantitative estimate of drug-likeness (QED) is 0.398. The predicted molar refractivity (Wildman–Crippen MR) is 126 cm³/mol. The maximum Gasteiger partial charge on any atom is 0.230 e. The fourth-order valence-corrected chi connectivity index (χ4v) is 3.29. The van der Waals surface area contributed by atoms with Crippen molar-refractivity contribution >= 4 is 23.3 Å². The zero-order valence-electron chi connectivity index (χ0n) is 19.4. The number of anilines is 1. The second kappa shape index (κ2) is 10.6. The molecule has 0 spiro atoms. The normalized spacial score (nSPS) is 18.3. The van der Waals surface area contributed by atoms with Crippen LogP contribution in [0.15, 0.2) is 58.8 Å². The molecule has 3 N–H and O–H groups in total. The summed E-state index contributed by atoms with van der Waals surface area (Å²) in [6, 6.07) is 14.9. The minimum atomic E-state index is -0.550. The molecule has 4 rings (SSSR count). The van der Waals surface area contributed by atoms with Crippen molar-refractivity contribution in [1.29, 1.82) is 0 Å². The van der Waals surface area contributed by atoms with Crippen molar-refractivity contribution in [2.45, 2.75) is 33.2 Å². The highest BCUT2D eigenvalue weighted by molar-refractivity contribution is 6.47. The average Bonchev–Trinajstić information content (AvgIpc) is 3.24. The predicted octanol–water partition coefficient (Wildman–Crippen LogP) is 2.00. The third-order valence-corrected chi connectivity index (χ3v) is 5.07. The van der Waals surface area contributed by atoms with E-state index in [2.05, 4.69) is 45.5 Å². The molecule has 180 valence electrons. The van der Waals surface area contributed by atoms with Gasteiger partial charge >= 0.3 is 0 Å². The Morgan fingerprint density at radius 1 is 1.21 bits per heavy atom. The van der Waals surface area contributed by atoms with Crippen molar-refractivity contribution in [1.82, 2.24) is 21.1 Å². The number of carbonyl (C=O) groups is 1. The van der Waals surface area contributed by atoms with Crippen LogP contribution in [0.3, 0.4) is 0 Å². The van der Waals surface area contributed by atoms with Crippen molar-refractivity contribution in [3.05, 3.63) is 59.8 Å². The summed E-state index contributed by atoms with van der Waals surface area (Å²) in [5.74, 6) is 0.764. The summed E-state index contributed by atoms with van der Waals surface area (Å²) in [6.45, 7) is 5.33. The third-order valence-electron chi connectivity index (χ3n) is 5.07. The van der Waals surface area contributed by atoms with Crippen LogP contribution in [-0.2, 0) is 25.7 Å². The van der Waals surface area contributed by atoms with E-state index in [9.17, 15) is 4.79 Å². The lowest BCUT2D eigenvalue weighted by molar-refractivity contribution is -0.222. The van der Waals surface area contributed by atoms with Crippen LogP contribution in [0.5, 0.6) is 0 Å². The summed E-state index contributed by atoms with van der Waals surface area (Å²) in [5, 5.41) is 13.0. The topological polar surface area (TPSA) is 122 Å². The van der Waals surface area contributed by atoms with Crippen molar-refractivity contribution in [3.8, 4) is 0 Å². The van der Waals surface area contributed by atoms with Gasteiger partial charge in [-0.1, -0.05) is 55.4 Å². The van der Waals surface area contributed by atoms with Crippen molar-refractivity contribution < 1.29 is 19.1 Å². The maximum atomic E-state index is 12.4. The molecule has 0 bridgehead atoms. The van der Waals surface area contributed by atoms with Crippen molar-refractivity contribution in [2.75, 3.05) is 25.6 Å². The van der Waals surface area contributed by atoms with E-state index < -0.39 is 6.29 Å². The van der Waals surface area contributed by atoms with Crippen LogP contribution >= 0.6 is 0 Å². The van der Waals surface area contributed by atoms with Crippen LogP contribution in [0, 0.1) is 5.41 Å². The molecule has 1 amide bonds. The number of ether oxygens (including phenoxy) is 2. The first kappa shape index (κ1) is 23.6. The Morgan fingerprint density at radius 3 is 2.68 bits per heavy atom. The maximum absolute atomic E-state index is 12.4. The number of carbonyl (C=O) groups excluding carboxylic acids is 1. The number of hydrazone groups is 1. The van der Waals surface area contributed by atoms with E-state index in [1.165, 1.54) is 0 Å². The zero-order chi connectivity index (χ0) is 24.0. The monoisotopic (exact) mass is 467 g/mol. The Balaban J connectivity index is 1.35. The third kappa shape index (κ3) is 6.28. The second-order valence-corrected chi connectivity index (χ2v) is 8.78. The first-order valence-electron chi connectivity index (χ1n) is 11.0. The summed E-state index contributed by atoms with van der Waals surface area (Å²) in [5.41, 5.74) is 7.53. The van der Waals surface area contributed by atoms with Crippen molar-refractivity contribution in [3.63, 3.8) is 0 Å². The molecule has 3 heterocycles. The van der Waals surface area contributed by atoms with Crippen LogP contribution in [-0.4, -0.2) is 54.0 Å². The number of amidine groups is 1. The lowest BCUT2D eigenvalue weighted by atomic mass is 9.95. The first-order valence-corrected chi connectivity index (χ1v) is 11.0. The molecule has 2 aliphatic heterocycles. The molecule has 0 radical (unpaired) electrons. The smallest absolute Gasteiger partial charge is 0.230 e. The van der Waals surface area contributed by atoms with Gasteiger partial charge in [-0.3, -0.25) is 9.80 Å². The summed E-state index contributed by atoms with van der Waals surface area (Å²) >= 11 is 0. The zero-order valence-corrected chi connectivity index (χ0v) is 19.4. The molecule has 2 aromatic rings. The number of nitrogens with one attached hydrogen (secondary N) is 3. The largest absolute Gasteiger partial charge is 0.389 e. The summed E-state index contributed by atoms with van der Waals surface area (Å²) in [7, 11) is 1.81. The fourth-order valence-electron chi connectivity index (χ4n) is 3.29. The van der Waals surface area contributed by atoms with Gasteiger partial charge in [0.05, 0.1) is 25.3 Å². The van der Waals surface area contributed by atoms with Gasteiger partial charge in [0.25, 0.3) is 0 Å². The van der Waals surface area contributed by atoms with Gasteiger partial charge in [0.2, 0.25) is 5.91 Å². The number of hydrogen-bond donors (Lipinski definition) is 3. The Morgan fingerprint density at radius 2 is 1.97 bits per heavy atom. The SMILES string of the molecule is CN1NNN=C1/C(=N\OCc1cccc(NC(=O)CC2OCC(C)(C)CO2)n1)c1ccccc1. The molecule has 34 heavy (non-hydrogen) atoms. The second-order valence-electron chi connectivity index (χ2n) is 8.78. The standard InChI is InChI=1S/C23H29N7O4/c1-23(2)14-32-20(33-15-23)12-19(31)25-18-11-7-10-17(24-18)13-34-27-21(16-8-5-4-6-9-16)22-26-28-29-30(22)3/h4-11,20,28-29H,12-15H2,1-3H3,(H,24,25,31)/b27-21-. The molecule has 11 nitrogen and oxygen atoms in total. The molecular weight excluding hydrogens is 438 g/mol. The lowest BCUT2D eigenvalue weighted by Gasteiger charge is -2.34. The number of likely N-dealkylation sites (N-methyl/N-ethyl adjacent to an activating group) is 1. The highest BCUT2D eigenvalue weighted by Gasteiger charge is 2.29. The van der Waals surface area contributed by atoms with Gasteiger partial charge in [0.15, 0.2) is 24.4 Å². The molecule has 0 aliphatic carbocycles. The van der Waals surface area contributed by atoms with Gasteiger partial charge in [0.1, 0.15) is 5.82 Å². The van der Waals surface area contributed by atoms with Gasteiger partial charge in [-0.15, -0.1) is 10.6 Å². The lowest BCUT2D eigenvalue weighted by Crippen LogP contribution is -2.40. The number of hydrazine groups is 2. The van der Waals surface area contributed by atoms with Crippen molar-refractivity contribution in [2.24, 2.45) is 15.7 Å². The average molecular weight is 468 g/mol. The van der Waals surface area contributed by atoms with Crippen LogP contribution in [0.25, 0.3) is 0 Å². The van der Waals surface area contributed by atoms with E-state index in [0.29, 0.717) is 36.3 Å². The summed E-state index contributed by atoms with van der Waals surface area (Å²) in [6.07, 6.45) is -0.452. The summed E-state index contributed by atoms with van der Waals surface area (Å²) < 4.78 is 11.3. The first-order chi connectivity index (χ1) is 16.4. The summed E-state index contributed by atoms with van der Waals surface area (Å²) in [4.78, 5) is 22.4. The molecule has 2 aliphatic rings. The van der Waals surface area contributed by atoms with Crippen LogP contribution in [0.1, 0.15) is 31.5 Å². The highest BCUT2D eigenvalue weighted by atomic mass is 16.7. The molecule has 0 atom stereocenters.